The summed E-state index contributed by atoms with van der Waals surface area (Å²) in [5.41, 5.74) is 13.7. The maximum Gasteiger partial charge on any atom is 0.339 e. The number of hydrogen-bond acceptors (Lipinski definition) is 12. The van der Waals surface area contributed by atoms with E-state index in [0.29, 0.717) is 67.8 Å². The molecule has 0 saturated heterocycles. The van der Waals surface area contributed by atoms with Crippen LogP contribution in [0.2, 0.25) is 0 Å². The monoisotopic (exact) mass is 694 g/mol. The molecule has 10 rings (SSSR count). The van der Waals surface area contributed by atoms with Crippen LogP contribution in [-0.2, 0) is 30.3 Å². The summed E-state index contributed by atoms with van der Waals surface area (Å²) in [4.78, 5) is 48.9. The van der Waals surface area contributed by atoms with Gasteiger partial charge in [0.15, 0.2) is 22.8 Å². The molecule has 12 heteroatoms. The zero-order chi connectivity index (χ0) is 36.1. The molecule has 4 heterocycles. The third-order valence-corrected chi connectivity index (χ3v) is 9.98. The van der Waals surface area contributed by atoms with Crippen molar-refractivity contribution in [1.82, 2.24) is 0 Å². The van der Waals surface area contributed by atoms with Crippen molar-refractivity contribution < 1.29 is 48.3 Å². The number of rotatable bonds is 0. The predicted molar refractivity (Wildman–Crippen MR) is 183 cm³/mol. The lowest BCUT2D eigenvalue weighted by Crippen LogP contribution is -2.42. The van der Waals surface area contributed by atoms with E-state index in [4.69, 9.17) is 30.4 Å². The van der Waals surface area contributed by atoms with Crippen molar-refractivity contribution in [2.75, 3.05) is 11.5 Å². The van der Waals surface area contributed by atoms with Gasteiger partial charge < -0.3 is 40.6 Å². The van der Waals surface area contributed by atoms with E-state index in [2.05, 4.69) is 0 Å². The normalized spacial score (nSPS) is 25.1. The number of carbonyl (C=O) groups is 4. The summed E-state index contributed by atoms with van der Waals surface area (Å²) in [6.07, 6.45) is 8.99. The molecule has 6 N–H and O–H groups in total. The molecule has 4 aromatic carbocycles. The van der Waals surface area contributed by atoms with E-state index in [1.54, 1.807) is 60.7 Å². The smallest absolute Gasteiger partial charge is 0.339 e. The van der Waals surface area contributed by atoms with Crippen molar-refractivity contribution in [2.24, 2.45) is 11.8 Å². The van der Waals surface area contributed by atoms with Gasteiger partial charge in [-0.1, -0.05) is 18.2 Å². The number of ether oxygens (including phenoxy) is 4. The van der Waals surface area contributed by atoms with Gasteiger partial charge in [-0.2, -0.15) is 0 Å². The number of aromatic hydroxyl groups is 2. The van der Waals surface area contributed by atoms with E-state index >= 15 is 0 Å². The topological polar surface area (TPSA) is 198 Å². The number of nitrogens with two attached hydrogens (primary N) is 2. The highest BCUT2D eigenvalue weighted by Crippen LogP contribution is 2.58. The number of carbonyl (C=O) groups excluding carboxylic acids is 4. The minimum Gasteiger partial charge on any atom is -0.508 e. The Hall–Kier alpha value is -7.08. The largest absolute Gasteiger partial charge is 0.508 e. The zero-order valence-corrected chi connectivity index (χ0v) is 26.9. The summed E-state index contributed by atoms with van der Waals surface area (Å²) >= 11 is 0. The third-order valence-electron chi connectivity index (χ3n) is 9.98. The number of benzene rings is 4. The van der Waals surface area contributed by atoms with Crippen molar-refractivity contribution in [3.05, 3.63) is 154 Å². The Morgan fingerprint density at radius 3 is 1.60 bits per heavy atom. The molecule has 4 atom stereocenters. The molecule has 12 nitrogen and oxygen atoms in total. The highest BCUT2D eigenvalue weighted by Gasteiger charge is 2.59. The van der Waals surface area contributed by atoms with Gasteiger partial charge in [0.2, 0.25) is 0 Å². The Balaban J connectivity index is 0.000000138. The molecule has 4 unspecified atom stereocenters. The first kappa shape index (κ1) is 30.9. The number of esters is 2. The fraction of sp³-hybridized carbons (Fsp3) is 0.100. The van der Waals surface area contributed by atoms with Crippen LogP contribution in [0.15, 0.2) is 121 Å². The second-order valence-electron chi connectivity index (χ2n) is 13.0. The molecule has 0 saturated carbocycles. The van der Waals surface area contributed by atoms with Gasteiger partial charge in [0.1, 0.15) is 34.5 Å². The Kier molecular flexibility index (Phi) is 6.37. The summed E-state index contributed by atoms with van der Waals surface area (Å²) in [5.74, 6) is -0.966. The van der Waals surface area contributed by atoms with Crippen molar-refractivity contribution in [1.29, 1.82) is 0 Å². The summed E-state index contributed by atoms with van der Waals surface area (Å²) in [6.45, 7) is 0. The van der Waals surface area contributed by atoms with Crippen LogP contribution >= 0.6 is 0 Å². The number of allylic oxidation sites excluding steroid dienone is 4. The lowest BCUT2D eigenvalue weighted by molar-refractivity contribution is -0.111. The van der Waals surface area contributed by atoms with Gasteiger partial charge >= 0.3 is 11.9 Å². The van der Waals surface area contributed by atoms with Crippen LogP contribution in [0.1, 0.15) is 43.0 Å². The van der Waals surface area contributed by atoms with Gasteiger partial charge in [0.05, 0.1) is 23.0 Å². The maximum atomic E-state index is 12.6. The molecule has 0 radical (unpaired) electrons. The van der Waals surface area contributed by atoms with Gasteiger partial charge in [-0.25, -0.2) is 9.59 Å². The molecule has 2 spiro atoms. The van der Waals surface area contributed by atoms with Crippen LogP contribution in [0.4, 0.5) is 11.4 Å². The lowest BCUT2D eigenvalue weighted by Gasteiger charge is -2.42. The van der Waals surface area contributed by atoms with E-state index in [1.165, 1.54) is 48.6 Å². The average Bonchev–Trinajstić information content (AvgIpc) is 3.54. The molecule has 4 aliphatic heterocycles. The zero-order valence-electron chi connectivity index (χ0n) is 26.9. The van der Waals surface area contributed by atoms with E-state index in [1.807, 2.05) is 0 Å². The minimum atomic E-state index is -1.20. The fourth-order valence-electron chi connectivity index (χ4n) is 7.86. The molecular formula is C40H26N2O10. The number of nitrogen functional groups attached to an aromatic ring is 2. The van der Waals surface area contributed by atoms with E-state index < -0.39 is 35.0 Å². The van der Waals surface area contributed by atoms with Crippen LogP contribution in [0.5, 0.6) is 23.0 Å². The van der Waals surface area contributed by atoms with Gasteiger partial charge in [-0.15, -0.1) is 0 Å². The number of anilines is 2. The Morgan fingerprint density at radius 1 is 0.538 bits per heavy atom. The van der Waals surface area contributed by atoms with Crippen LogP contribution in [0.25, 0.3) is 0 Å². The Labute approximate surface area is 294 Å². The molecule has 4 aromatic rings. The van der Waals surface area contributed by atoms with Gasteiger partial charge in [-0.3, -0.25) is 9.59 Å². The Bertz CT molecular complexity index is 2480. The first-order valence-corrected chi connectivity index (χ1v) is 16.1. The summed E-state index contributed by atoms with van der Waals surface area (Å²) in [7, 11) is 0. The molecule has 0 amide bonds. The number of hydrogen-bond donors (Lipinski definition) is 4. The molecule has 0 fully saturated rings. The number of fused-ring (bicyclic) bond motifs is 12. The number of phenols is 2. The molecule has 2 aliphatic carbocycles. The van der Waals surface area contributed by atoms with E-state index in [-0.39, 0.29) is 23.1 Å². The second-order valence-corrected chi connectivity index (χ2v) is 13.0. The molecule has 6 aliphatic rings. The number of ketones is 2. The van der Waals surface area contributed by atoms with E-state index in [0.717, 1.165) is 0 Å². The van der Waals surface area contributed by atoms with Crippen LogP contribution in [0, 0.1) is 11.8 Å². The van der Waals surface area contributed by atoms with Gasteiger partial charge in [-0.05, 0) is 66.7 Å². The van der Waals surface area contributed by atoms with Gasteiger partial charge in [0.25, 0.3) is 0 Å². The van der Waals surface area contributed by atoms with Gasteiger partial charge in [0, 0.05) is 57.9 Å². The molecule has 52 heavy (non-hydrogen) atoms. The molecule has 256 valence electrons. The maximum absolute atomic E-state index is 12.6. The van der Waals surface area contributed by atoms with E-state index in [9.17, 15) is 29.4 Å². The summed E-state index contributed by atoms with van der Waals surface area (Å²) < 4.78 is 23.6. The molecule has 0 aromatic heterocycles. The SMILES string of the molecule is Nc1ccc2c(c1)C(=O)OC21c2ccc(O)cc2OC2=CC(=O)C=CC21.Nc1ccc2c(c1)C1(OC2=O)c2ccc(O)cc2OC2=CC(=O)C=CC21. The van der Waals surface area contributed by atoms with Crippen molar-refractivity contribution >= 4 is 34.9 Å². The fourth-order valence-corrected chi connectivity index (χ4v) is 7.86. The molecule has 0 bridgehead atoms. The summed E-state index contributed by atoms with van der Waals surface area (Å²) in [6, 6.07) is 19.3. The van der Waals surface area contributed by atoms with Crippen molar-refractivity contribution in [3.8, 4) is 23.0 Å². The van der Waals surface area contributed by atoms with Crippen molar-refractivity contribution in [3.63, 3.8) is 0 Å². The quantitative estimate of drug-likeness (QED) is 0.145. The second kappa shape index (κ2) is 10.7. The predicted octanol–water partition coefficient (Wildman–Crippen LogP) is 4.84. The Morgan fingerprint density at radius 2 is 1.02 bits per heavy atom. The summed E-state index contributed by atoms with van der Waals surface area (Å²) in [5, 5.41) is 19.7. The standard InChI is InChI=1S/2C20H13NO5/c21-10-1-4-14-13(7-10)19(24)26-20(14)15-5-2-11(22)8-17(15)25-18-9-12(23)3-6-16(18)20;21-10-1-4-13-16(7-10)20(26-19(13)24)14-5-2-11(22)8-17(14)25-18-9-12(23)3-6-15(18)20/h1-9,15,23H,21H2;1-9,14,23H,21H2. The third kappa shape index (κ3) is 4.27. The minimum absolute atomic E-state index is 0.00718. The van der Waals surface area contributed by atoms with Crippen LogP contribution in [0.3, 0.4) is 0 Å². The first-order chi connectivity index (χ1) is 25.0. The molecular weight excluding hydrogens is 668 g/mol. The average molecular weight is 695 g/mol. The highest BCUT2D eigenvalue weighted by atomic mass is 16.6. The highest BCUT2D eigenvalue weighted by molar-refractivity contribution is 6.03. The first-order valence-electron chi connectivity index (χ1n) is 16.1. The lowest BCUT2D eigenvalue weighted by atomic mass is 9.71. The van der Waals surface area contributed by atoms with Crippen LogP contribution < -0.4 is 20.9 Å². The number of phenolic OH excluding ortho intramolecular Hbond substituents is 2. The van der Waals surface area contributed by atoms with Crippen molar-refractivity contribution in [2.45, 2.75) is 11.2 Å². The van der Waals surface area contributed by atoms with Crippen LogP contribution in [-0.4, -0.2) is 33.7 Å².